The van der Waals surface area contributed by atoms with Gasteiger partial charge in [-0.1, -0.05) is 0 Å². The van der Waals surface area contributed by atoms with Crippen molar-refractivity contribution in [3.63, 3.8) is 0 Å². The van der Waals surface area contributed by atoms with Gasteiger partial charge in [0, 0.05) is 12.8 Å². The molecule has 0 saturated heterocycles. The Balaban J connectivity index is 2.16. The first-order valence-corrected chi connectivity index (χ1v) is 6.58. The predicted octanol–water partition coefficient (Wildman–Crippen LogP) is 1.92. The Hall–Kier alpha value is -1.85. The van der Waals surface area contributed by atoms with E-state index < -0.39 is 0 Å². The minimum absolute atomic E-state index is 0.0107. The van der Waals surface area contributed by atoms with Gasteiger partial charge in [0.15, 0.2) is 0 Å². The topological polar surface area (TPSA) is 73.2 Å². The number of ether oxygens (including phenoxy) is 1. The van der Waals surface area contributed by atoms with Crippen LogP contribution in [0.1, 0.15) is 45.6 Å². The fraction of sp³-hybridized carbons (Fsp3) is 0.615. The van der Waals surface area contributed by atoms with Crippen LogP contribution < -0.4 is 10.1 Å². The molecule has 1 aliphatic rings. The number of amides is 1. The summed E-state index contributed by atoms with van der Waals surface area (Å²) in [6, 6.07) is 0.203. The standard InChI is InChI=1S/C13H19N3O3/c1-9(2)19-13-12(14-8-17)7-16(15-13)10-3-5-11(18)6-4-10/h7-10H,3-6H2,1-2H3,(H,14,17). The molecule has 1 amide bonds. The molecule has 0 atom stereocenters. The number of hydrogen-bond donors (Lipinski definition) is 1. The molecule has 6 heteroatoms. The summed E-state index contributed by atoms with van der Waals surface area (Å²) in [6.45, 7) is 3.81. The first-order chi connectivity index (χ1) is 9.10. The van der Waals surface area contributed by atoms with Crippen LogP contribution in [0.5, 0.6) is 5.88 Å². The van der Waals surface area contributed by atoms with E-state index in [1.807, 2.05) is 13.8 Å². The van der Waals surface area contributed by atoms with E-state index in [9.17, 15) is 9.59 Å². The molecule has 6 nitrogen and oxygen atoms in total. The van der Waals surface area contributed by atoms with Crippen molar-refractivity contribution in [1.82, 2.24) is 9.78 Å². The van der Waals surface area contributed by atoms with Crippen molar-refractivity contribution in [2.45, 2.75) is 51.7 Å². The van der Waals surface area contributed by atoms with Crippen molar-refractivity contribution in [1.29, 1.82) is 0 Å². The molecule has 0 radical (unpaired) electrons. The Morgan fingerprint density at radius 1 is 1.47 bits per heavy atom. The minimum Gasteiger partial charge on any atom is -0.472 e. The second-order valence-electron chi connectivity index (χ2n) is 5.03. The second-order valence-corrected chi connectivity index (χ2v) is 5.03. The van der Waals surface area contributed by atoms with Crippen LogP contribution >= 0.6 is 0 Å². The predicted molar refractivity (Wildman–Crippen MR) is 70.2 cm³/mol. The number of anilines is 1. The van der Waals surface area contributed by atoms with Crippen molar-refractivity contribution in [3.8, 4) is 5.88 Å². The summed E-state index contributed by atoms with van der Waals surface area (Å²) in [6.07, 6.45) is 5.15. The van der Waals surface area contributed by atoms with Crippen molar-refractivity contribution in [3.05, 3.63) is 6.20 Å². The van der Waals surface area contributed by atoms with Crippen LogP contribution in [0.15, 0.2) is 6.20 Å². The largest absolute Gasteiger partial charge is 0.472 e. The van der Waals surface area contributed by atoms with Gasteiger partial charge in [-0.25, -0.2) is 0 Å². The number of carbonyl (C=O) groups is 2. The molecule has 1 aliphatic carbocycles. The zero-order valence-electron chi connectivity index (χ0n) is 11.3. The third kappa shape index (κ3) is 3.33. The van der Waals surface area contributed by atoms with E-state index in [2.05, 4.69) is 10.4 Å². The van der Waals surface area contributed by atoms with Gasteiger partial charge in [-0.2, -0.15) is 0 Å². The maximum atomic E-state index is 11.2. The molecule has 0 bridgehead atoms. The summed E-state index contributed by atoms with van der Waals surface area (Å²) in [4.78, 5) is 21.8. The van der Waals surface area contributed by atoms with Crippen LogP contribution in [0.3, 0.4) is 0 Å². The van der Waals surface area contributed by atoms with Gasteiger partial charge >= 0.3 is 0 Å². The number of aromatic nitrogens is 2. The summed E-state index contributed by atoms with van der Waals surface area (Å²) in [5.41, 5.74) is 0.570. The van der Waals surface area contributed by atoms with E-state index in [0.717, 1.165) is 12.8 Å². The van der Waals surface area contributed by atoms with Crippen LogP contribution in [0.2, 0.25) is 0 Å². The summed E-state index contributed by atoms with van der Waals surface area (Å²) in [7, 11) is 0. The number of nitrogens with zero attached hydrogens (tertiary/aromatic N) is 2. The SMILES string of the molecule is CC(C)Oc1nn(C2CCC(=O)CC2)cc1NC=O. The quantitative estimate of drug-likeness (QED) is 0.825. The van der Waals surface area contributed by atoms with Gasteiger partial charge in [-0.05, 0) is 26.7 Å². The zero-order valence-corrected chi connectivity index (χ0v) is 11.3. The van der Waals surface area contributed by atoms with Gasteiger partial charge in [0.2, 0.25) is 6.41 Å². The van der Waals surface area contributed by atoms with E-state index in [-0.39, 0.29) is 12.1 Å². The van der Waals surface area contributed by atoms with Gasteiger partial charge in [0.1, 0.15) is 11.5 Å². The molecule has 0 aromatic carbocycles. The lowest BCUT2D eigenvalue weighted by atomic mass is 9.95. The first-order valence-electron chi connectivity index (χ1n) is 6.58. The Morgan fingerprint density at radius 2 is 2.16 bits per heavy atom. The number of carbonyl (C=O) groups excluding carboxylic acids is 2. The first kappa shape index (κ1) is 13.6. The minimum atomic E-state index is -0.0107. The van der Waals surface area contributed by atoms with Gasteiger partial charge < -0.3 is 10.1 Å². The van der Waals surface area contributed by atoms with Crippen LogP contribution in [0.25, 0.3) is 0 Å². The monoisotopic (exact) mass is 265 g/mol. The zero-order chi connectivity index (χ0) is 13.8. The van der Waals surface area contributed by atoms with E-state index in [1.54, 1.807) is 10.9 Å². The van der Waals surface area contributed by atoms with Gasteiger partial charge in [0.05, 0.1) is 18.3 Å². The summed E-state index contributed by atoms with van der Waals surface area (Å²) in [5.74, 6) is 0.743. The molecule has 0 aliphatic heterocycles. The molecule has 1 N–H and O–H groups in total. The molecule has 19 heavy (non-hydrogen) atoms. The smallest absolute Gasteiger partial charge is 0.257 e. The number of Topliss-reactive ketones (excluding diaryl/α,β-unsaturated/α-hetero) is 1. The van der Waals surface area contributed by atoms with E-state index in [1.165, 1.54) is 0 Å². The number of nitrogens with one attached hydrogen (secondary N) is 1. The molecule has 1 saturated carbocycles. The third-order valence-corrected chi connectivity index (χ3v) is 3.15. The number of ketones is 1. The maximum absolute atomic E-state index is 11.2. The Morgan fingerprint density at radius 3 is 2.74 bits per heavy atom. The van der Waals surface area contributed by atoms with Gasteiger partial charge in [-0.15, -0.1) is 5.10 Å². The molecule has 1 aromatic heterocycles. The number of rotatable bonds is 5. The molecule has 2 rings (SSSR count). The fourth-order valence-corrected chi connectivity index (χ4v) is 2.22. The second kappa shape index (κ2) is 5.86. The highest BCUT2D eigenvalue weighted by atomic mass is 16.5. The highest BCUT2D eigenvalue weighted by molar-refractivity contribution is 5.79. The highest BCUT2D eigenvalue weighted by Crippen LogP contribution is 2.30. The number of hydrogen-bond acceptors (Lipinski definition) is 4. The van der Waals surface area contributed by atoms with E-state index >= 15 is 0 Å². The summed E-state index contributed by atoms with van der Waals surface area (Å²) < 4.78 is 7.37. The Kier molecular flexibility index (Phi) is 4.19. The molecule has 1 heterocycles. The van der Waals surface area contributed by atoms with Crippen molar-refractivity contribution < 1.29 is 14.3 Å². The lowest BCUT2D eigenvalue weighted by Crippen LogP contribution is -2.18. The lowest BCUT2D eigenvalue weighted by Gasteiger charge is -2.20. The average molecular weight is 265 g/mol. The molecular formula is C13H19N3O3. The normalized spacial score (nSPS) is 16.7. The summed E-state index contributed by atoms with van der Waals surface area (Å²) in [5, 5.41) is 6.97. The third-order valence-electron chi connectivity index (χ3n) is 3.15. The van der Waals surface area contributed by atoms with Gasteiger partial charge in [0.25, 0.3) is 5.88 Å². The maximum Gasteiger partial charge on any atom is 0.257 e. The average Bonchev–Trinajstić information content (AvgIpc) is 2.73. The Bertz CT molecular complexity index is 458. The van der Waals surface area contributed by atoms with Crippen LogP contribution in [0.4, 0.5) is 5.69 Å². The molecule has 0 spiro atoms. The molecule has 104 valence electrons. The van der Waals surface area contributed by atoms with Crippen LogP contribution in [-0.2, 0) is 9.59 Å². The van der Waals surface area contributed by atoms with Crippen molar-refractivity contribution in [2.75, 3.05) is 5.32 Å². The molecular weight excluding hydrogens is 246 g/mol. The van der Waals surface area contributed by atoms with Gasteiger partial charge in [-0.3, -0.25) is 14.3 Å². The van der Waals surface area contributed by atoms with Crippen LogP contribution in [-0.4, -0.2) is 28.1 Å². The molecule has 1 fully saturated rings. The highest BCUT2D eigenvalue weighted by Gasteiger charge is 2.23. The van der Waals surface area contributed by atoms with E-state index in [0.29, 0.717) is 36.6 Å². The molecule has 0 unspecified atom stereocenters. The molecule has 1 aromatic rings. The fourth-order valence-electron chi connectivity index (χ4n) is 2.22. The van der Waals surface area contributed by atoms with Crippen LogP contribution in [0, 0.1) is 0 Å². The van der Waals surface area contributed by atoms with Crippen molar-refractivity contribution >= 4 is 17.9 Å². The summed E-state index contributed by atoms with van der Waals surface area (Å²) >= 11 is 0. The lowest BCUT2D eigenvalue weighted by molar-refractivity contribution is -0.120. The Labute approximate surface area is 112 Å². The van der Waals surface area contributed by atoms with Crippen molar-refractivity contribution in [2.24, 2.45) is 0 Å². The van der Waals surface area contributed by atoms with E-state index in [4.69, 9.17) is 4.74 Å².